The minimum Gasteiger partial charge on any atom is -0.467 e. The number of halogens is 1. The molecular formula is C19H17ClN2OS. The summed E-state index contributed by atoms with van der Waals surface area (Å²) < 4.78 is 5.47. The lowest BCUT2D eigenvalue weighted by Crippen LogP contribution is -2.33. The molecule has 0 aliphatic rings. The summed E-state index contributed by atoms with van der Waals surface area (Å²) in [6.45, 7) is 1.29. The van der Waals surface area contributed by atoms with Crippen molar-refractivity contribution in [2.75, 3.05) is 5.32 Å². The van der Waals surface area contributed by atoms with Crippen molar-refractivity contribution in [1.29, 1.82) is 0 Å². The lowest BCUT2D eigenvalue weighted by atomic mass is 10.2. The number of hydrogen-bond donors (Lipinski definition) is 1. The van der Waals surface area contributed by atoms with Crippen LogP contribution in [0.25, 0.3) is 0 Å². The zero-order valence-corrected chi connectivity index (χ0v) is 14.6. The van der Waals surface area contributed by atoms with Gasteiger partial charge in [-0.25, -0.2) is 0 Å². The molecule has 2 aromatic carbocycles. The molecule has 3 nitrogen and oxygen atoms in total. The summed E-state index contributed by atoms with van der Waals surface area (Å²) in [7, 11) is 0. The summed E-state index contributed by atoms with van der Waals surface area (Å²) in [4.78, 5) is 2.07. The van der Waals surface area contributed by atoms with Gasteiger partial charge in [-0.3, -0.25) is 0 Å². The maximum Gasteiger partial charge on any atom is 0.174 e. The highest BCUT2D eigenvalue weighted by Gasteiger charge is 2.13. The minimum absolute atomic E-state index is 0.599. The van der Waals surface area contributed by atoms with Gasteiger partial charge in [0.1, 0.15) is 5.76 Å². The number of furan rings is 1. The Morgan fingerprint density at radius 2 is 1.71 bits per heavy atom. The van der Waals surface area contributed by atoms with Crippen molar-refractivity contribution in [1.82, 2.24) is 4.90 Å². The molecule has 0 saturated carbocycles. The molecule has 5 heteroatoms. The van der Waals surface area contributed by atoms with E-state index < -0.39 is 0 Å². The van der Waals surface area contributed by atoms with Crippen LogP contribution in [-0.4, -0.2) is 10.0 Å². The van der Waals surface area contributed by atoms with Crippen LogP contribution in [0.4, 0.5) is 5.69 Å². The fraction of sp³-hybridized carbons (Fsp3) is 0.105. The molecule has 0 radical (unpaired) electrons. The van der Waals surface area contributed by atoms with E-state index in [1.165, 1.54) is 5.56 Å². The third kappa shape index (κ3) is 4.60. The van der Waals surface area contributed by atoms with Crippen LogP contribution in [0.1, 0.15) is 11.3 Å². The fourth-order valence-electron chi connectivity index (χ4n) is 2.33. The van der Waals surface area contributed by atoms with Gasteiger partial charge in [0, 0.05) is 17.3 Å². The van der Waals surface area contributed by atoms with E-state index in [0.29, 0.717) is 23.2 Å². The maximum atomic E-state index is 5.93. The van der Waals surface area contributed by atoms with Crippen LogP contribution in [0, 0.1) is 0 Å². The Hall–Kier alpha value is -2.30. The van der Waals surface area contributed by atoms with E-state index in [9.17, 15) is 0 Å². The highest BCUT2D eigenvalue weighted by Crippen LogP contribution is 2.16. The van der Waals surface area contributed by atoms with Crippen LogP contribution in [0.15, 0.2) is 77.4 Å². The van der Waals surface area contributed by atoms with Gasteiger partial charge >= 0.3 is 0 Å². The zero-order chi connectivity index (χ0) is 16.8. The van der Waals surface area contributed by atoms with Gasteiger partial charge in [-0.1, -0.05) is 41.9 Å². The van der Waals surface area contributed by atoms with Crippen molar-refractivity contribution in [2.45, 2.75) is 13.1 Å². The van der Waals surface area contributed by atoms with Gasteiger partial charge in [0.05, 0.1) is 12.8 Å². The predicted octanol–water partition coefficient (Wildman–Crippen LogP) is 5.33. The minimum atomic E-state index is 0.599. The van der Waals surface area contributed by atoms with Crippen molar-refractivity contribution < 1.29 is 4.42 Å². The third-order valence-corrected chi connectivity index (χ3v) is 4.14. The Balaban J connectivity index is 1.74. The summed E-state index contributed by atoms with van der Waals surface area (Å²) in [6, 6.07) is 21.5. The van der Waals surface area contributed by atoms with Crippen LogP contribution < -0.4 is 5.32 Å². The number of hydrogen-bond acceptors (Lipinski definition) is 2. The number of anilines is 1. The van der Waals surface area contributed by atoms with Gasteiger partial charge in [0.25, 0.3) is 0 Å². The second kappa shape index (κ2) is 7.99. The molecule has 1 N–H and O–H groups in total. The first-order valence-corrected chi connectivity index (χ1v) is 8.37. The number of rotatable bonds is 5. The third-order valence-electron chi connectivity index (χ3n) is 3.53. The Morgan fingerprint density at radius 1 is 0.958 bits per heavy atom. The van der Waals surface area contributed by atoms with Crippen LogP contribution in [0.5, 0.6) is 0 Å². The molecule has 122 valence electrons. The maximum absolute atomic E-state index is 5.93. The average Bonchev–Trinajstić information content (AvgIpc) is 3.10. The molecule has 3 rings (SSSR count). The second-order valence-corrected chi connectivity index (χ2v) is 6.18. The molecule has 24 heavy (non-hydrogen) atoms. The van der Waals surface area contributed by atoms with E-state index in [2.05, 4.69) is 22.3 Å². The van der Waals surface area contributed by atoms with Gasteiger partial charge in [-0.2, -0.15) is 0 Å². The number of thiocarbonyl (C=S) groups is 1. The fourth-order valence-corrected chi connectivity index (χ4v) is 2.70. The monoisotopic (exact) mass is 356 g/mol. The van der Waals surface area contributed by atoms with Crippen molar-refractivity contribution in [3.05, 3.63) is 89.3 Å². The molecule has 0 aliphatic heterocycles. The number of nitrogens with zero attached hydrogens (tertiary/aromatic N) is 1. The van der Waals surface area contributed by atoms with Crippen LogP contribution in [0.2, 0.25) is 5.02 Å². The largest absolute Gasteiger partial charge is 0.467 e. The smallest absolute Gasteiger partial charge is 0.174 e. The Labute approximate surface area is 151 Å². The topological polar surface area (TPSA) is 28.4 Å². The average molecular weight is 357 g/mol. The number of benzene rings is 2. The molecule has 3 aromatic rings. The van der Waals surface area contributed by atoms with Crippen molar-refractivity contribution >= 4 is 34.6 Å². The molecule has 1 aromatic heterocycles. The molecular weight excluding hydrogens is 340 g/mol. The summed E-state index contributed by atoms with van der Waals surface area (Å²) in [5, 5.41) is 4.59. The summed E-state index contributed by atoms with van der Waals surface area (Å²) in [5.74, 6) is 0.867. The summed E-state index contributed by atoms with van der Waals surface area (Å²) in [6.07, 6.45) is 1.67. The molecule has 0 unspecified atom stereocenters. The van der Waals surface area contributed by atoms with E-state index in [1.807, 2.05) is 54.6 Å². The van der Waals surface area contributed by atoms with Crippen LogP contribution in [-0.2, 0) is 13.1 Å². The molecule has 0 spiro atoms. The van der Waals surface area contributed by atoms with E-state index in [0.717, 1.165) is 11.4 Å². The second-order valence-electron chi connectivity index (χ2n) is 5.36. The molecule has 0 atom stereocenters. The Morgan fingerprint density at radius 3 is 2.38 bits per heavy atom. The van der Waals surface area contributed by atoms with Crippen LogP contribution >= 0.6 is 23.8 Å². The van der Waals surface area contributed by atoms with Crippen molar-refractivity contribution in [3.63, 3.8) is 0 Å². The molecule has 0 amide bonds. The van der Waals surface area contributed by atoms with Gasteiger partial charge < -0.3 is 14.6 Å². The van der Waals surface area contributed by atoms with E-state index in [1.54, 1.807) is 6.26 Å². The first kappa shape index (κ1) is 16.6. The first-order valence-electron chi connectivity index (χ1n) is 7.58. The summed E-state index contributed by atoms with van der Waals surface area (Å²) >= 11 is 11.5. The number of nitrogens with one attached hydrogen (secondary N) is 1. The predicted molar refractivity (Wildman–Crippen MR) is 102 cm³/mol. The van der Waals surface area contributed by atoms with Crippen molar-refractivity contribution in [3.8, 4) is 0 Å². The molecule has 0 bridgehead atoms. The molecule has 0 aliphatic carbocycles. The van der Waals surface area contributed by atoms with E-state index in [-0.39, 0.29) is 0 Å². The SMILES string of the molecule is S=C(Nc1ccc(Cl)cc1)N(Cc1ccccc1)Cc1ccco1. The van der Waals surface area contributed by atoms with Crippen LogP contribution in [0.3, 0.4) is 0 Å². The lowest BCUT2D eigenvalue weighted by molar-refractivity contribution is 0.360. The van der Waals surface area contributed by atoms with Gasteiger partial charge in [-0.15, -0.1) is 0 Å². The van der Waals surface area contributed by atoms with E-state index >= 15 is 0 Å². The van der Waals surface area contributed by atoms with Crippen molar-refractivity contribution in [2.24, 2.45) is 0 Å². The Kier molecular flexibility index (Phi) is 5.51. The van der Waals surface area contributed by atoms with Gasteiger partial charge in [0.2, 0.25) is 0 Å². The first-order chi connectivity index (χ1) is 11.7. The Bertz CT molecular complexity index is 773. The molecule has 0 fully saturated rings. The van der Waals surface area contributed by atoms with Gasteiger partial charge in [0.15, 0.2) is 5.11 Å². The standard InChI is InChI=1S/C19H17ClN2OS/c20-16-8-10-17(11-9-16)21-19(24)22(14-18-7-4-12-23-18)13-15-5-2-1-3-6-15/h1-12H,13-14H2,(H,21,24). The van der Waals surface area contributed by atoms with Gasteiger partial charge in [-0.05, 0) is 54.2 Å². The zero-order valence-electron chi connectivity index (χ0n) is 13.0. The lowest BCUT2D eigenvalue weighted by Gasteiger charge is -2.25. The quantitative estimate of drug-likeness (QED) is 0.625. The highest BCUT2D eigenvalue weighted by molar-refractivity contribution is 7.80. The van der Waals surface area contributed by atoms with E-state index in [4.69, 9.17) is 28.2 Å². The molecule has 1 heterocycles. The summed E-state index contributed by atoms with van der Waals surface area (Å²) in [5.41, 5.74) is 2.09. The normalized spacial score (nSPS) is 10.4. The molecule has 0 saturated heterocycles. The highest BCUT2D eigenvalue weighted by atomic mass is 35.5.